The van der Waals surface area contributed by atoms with Gasteiger partial charge in [0.1, 0.15) is 0 Å². The standard InChI is InChI=1S/C9H17NO/c1-3-11-8-4-9(5-8)6-10(2)7-9/h8H,3-7H2,1-2H3. The lowest BCUT2D eigenvalue weighted by Gasteiger charge is -2.57. The smallest absolute Gasteiger partial charge is 0.0587 e. The number of hydrogen-bond donors (Lipinski definition) is 0. The monoisotopic (exact) mass is 155 g/mol. The molecule has 0 aromatic carbocycles. The van der Waals surface area contributed by atoms with Crippen LogP contribution in [0.3, 0.4) is 0 Å². The summed E-state index contributed by atoms with van der Waals surface area (Å²) in [6.45, 7) is 5.57. The molecule has 1 aliphatic heterocycles. The number of rotatable bonds is 2. The Bertz CT molecular complexity index is 144. The lowest BCUT2D eigenvalue weighted by molar-refractivity contribution is -0.141. The van der Waals surface area contributed by atoms with E-state index in [9.17, 15) is 0 Å². The lowest BCUT2D eigenvalue weighted by Crippen LogP contribution is -2.62. The van der Waals surface area contributed by atoms with E-state index in [0.29, 0.717) is 11.5 Å². The molecular formula is C9H17NO. The first-order valence-corrected chi connectivity index (χ1v) is 4.54. The van der Waals surface area contributed by atoms with Crippen molar-refractivity contribution in [3.63, 3.8) is 0 Å². The molecule has 0 N–H and O–H groups in total. The zero-order chi connectivity index (χ0) is 7.90. The van der Waals surface area contributed by atoms with Crippen molar-refractivity contribution < 1.29 is 4.74 Å². The van der Waals surface area contributed by atoms with Gasteiger partial charge in [0, 0.05) is 25.1 Å². The zero-order valence-electron chi connectivity index (χ0n) is 7.47. The van der Waals surface area contributed by atoms with E-state index >= 15 is 0 Å². The van der Waals surface area contributed by atoms with Crippen molar-refractivity contribution in [3.8, 4) is 0 Å². The van der Waals surface area contributed by atoms with Crippen molar-refractivity contribution in [2.24, 2.45) is 5.41 Å². The number of ether oxygens (including phenoxy) is 1. The van der Waals surface area contributed by atoms with E-state index < -0.39 is 0 Å². The topological polar surface area (TPSA) is 12.5 Å². The van der Waals surface area contributed by atoms with Crippen LogP contribution >= 0.6 is 0 Å². The Morgan fingerprint density at radius 3 is 2.55 bits per heavy atom. The average Bonchev–Trinajstić information content (AvgIpc) is 1.80. The second kappa shape index (κ2) is 2.46. The van der Waals surface area contributed by atoms with Gasteiger partial charge in [0.15, 0.2) is 0 Å². The van der Waals surface area contributed by atoms with Crippen LogP contribution in [0.25, 0.3) is 0 Å². The molecule has 0 radical (unpaired) electrons. The van der Waals surface area contributed by atoms with E-state index in [1.807, 2.05) is 0 Å². The molecule has 1 aliphatic carbocycles. The van der Waals surface area contributed by atoms with E-state index in [1.165, 1.54) is 25.9 Å². The molecule has 0 aromatic rings. The van der Waals surface area contributed by atoms with Crippen molar-refractivity contribution in [2.75, 3.05) is 26.7 Å². The maximum Gasteiger partial charge on any atom is 0.0587 e. The lowest BCUT2D eigenvalue weighted by atomic mass is 9.62. The first-order chi connectivity index (χ1) is 5.24. The molecule has 1 saturated carbocycles. The summed E-state index contributed by atoms with van der Waals surface area (Å²) in [4.78, 5) is 2.39. The van der Waals surface area contributed by atoms with Crippen LogP contribution in [-0.4, -0.2) is 37.7 Å². The molecule has 2 nitrogen and oxygen atoms in total. The number of likely N-dealkylation sites (tertiary alicyclic amines) is 1. The van der Waals surface area contributed by atoms with Crippen LogP contribution in [0.2, 0.25) is 0 Å². The highest BCUT2D eigenvalue weighted by molar-refractivity contribution is 5.03. The maximum atomic E-state index is 5.53. The Labute approximate surface area is 68.5 Å². The highest BCUT2D eigenvalue weighted by atomic mass is 16.5. The Morgan fingerprint density at radius 1 is 1.45 bits per heavy atom. The van der Waals surface area contributed by atoms with Crippen LogP contribution in [0.15, 0.2) is 0 Å². The van der Waals surface area contributed by atoms with Crippen molar-refractivity contribution in [2.45, 2.75) is 25.9 Å². The molecule has 0 amide bonds. The van der Waals surface area contributed by atoms with Crippen molar-refractivity contribution in [1.29, 1.82) is 0 Å². The summed E-state index contributed by atoms with van der Waals surface area (Å²) >= 11 is 0. The molecule has 1 heterocycles. The summed E-state index contributed by atoms with van der Waals surface area (Å²) in [6.07, 6.45) is 3.21. The van der Waals surface area contributed by atoms with Gasteiger partial charge in [0.25, 0.3) is 0 Å². The predicted octanol–water partition coefficient (Wildman–Crippen LogP) is 1.12. The third-order valence-electron chi connectivity index (χ3n) is 2.93. The van der Waals surface area contributed by atoms with Crippen LogP contribution < -0.4 is 0 Å². The third-order valence-corrected chi connectivity index (χ3v) is 2.93. The number of nitrogens with zero attached hydrogens (tertiary/aromatic N) is 1. The van der Waals surface area contributed by atoms with E-state index in [0.717, 1.165) is 6.61 Å². The fourth-order valence-electron chi connectivity index (χ4n) is 2.62. The molecule has 11 heavy (non-hydrogen) atoms. The maximum absolute atomic E-state index is 5.53. The minimum atomic E-state index is 0.591. The van der Waals surface area contributed by atoms with Gasteiger partial charge in [-0.2, -0.15) is 0 Å². The summed E-state index contributed by atoms with van der Waals surface area (Å²) in [5.74, 6) is 0. The first-order valence-electron chi connectivity index (χ1n) is 4.54. The van der Waals surface area contributed by atoms with E-state index in [1.54, 1.807) is 0 Å². The summed E-state index contributed by atoms with van der Waals surface area (Å²) < 4.78 is 5.53. The largest absolute Gasteiger partial charge is 0.378 e. The summed E-state index contributed by atoms with van der Waals surface area (Å²) in [6, 6.07) is 0. The Kier molecular flexibility index (Phi) is 1.69. The zero-order valence-corrected chi connectivity index (χ0v) is 7.47. The van der Waals surface area contributed by atoms with Gasteiger partial charge in [-0.15, -0.1) is 0 Å². The SMILES string of the molecule is CCOC1CC2(C1)CN(C)C2. The molecule has 64 valence electrons. The molecule has 2 fully saturated rings. The van der Waals surface area contributed by atoms with Crippen LogP contribution in [0, 0.1) is 5.41 Å². The van der Waals surface area contributed by atoms with Gasteiger partial charge in [-0.1, -0.05) is 0 Å². The molecule has 0 aromatic heterocycles. The molecule has 0 bridgehead atoms. The first kappa shape index (κ1) is 7.56. The minimum Gasteiger partial charge on any atom is -0.378 e. The van der Waals surface area contributed by atoms with Crippen LogP contribution in [0.1, 0.15) is 19.8 Å². The van der Waals surface area contributed by atoms with Gasteiger partial charge in [0.05, 0.1) is 6.10 Å². The van der Waals surface area contributed by atoms with Gasteiger partial charge < -0.3 is 9.64 Å². The van der Waals surface area contributed by atoms with Gasteiger partial charge in [-0.05, 0) is 26.8 Å². The Balaban J connectivity index is 1.72. The second-order valence-electron chi connectivity index (χ2n) is 4.16. The molecule has 2 rings (SSSR count). The van der Waals surface area contributed by atoms with Crippen LogP contribution in [0.5, 0.6) is 0 Å². The molecule has 2 heteroatoms. The van der Waals surface area contributed by atoms with Crippen molar-refractivity contribution >= 4 is 0 Å². The molecule has 0 unspecified atom stereocenters. The quantitative estimate of drug-likeness (QED) is 0.592. The van der Waals surface area contributed by atoms with Gasteiger partial charge in [0.2, 0.25) is 0 Å². The highest BCUT2D eigenvalue weighted by Crippen LogP contribution is 2.48. The predicted molar refractivity (Wildman–Crippen MR) is 44.6 cm³/mol. The summed E-state index contributed by atoms with van der Waals surface area (Å²) in [5.41, 5.74) is 0.689. The second-order valence-corrected chi connectivity index (χ2v) is 4.16. The van der Waals surface area contributed by atoms with E-state index in [4.69, 9.17) is 4.74 Å². The van der Waals surface area contributed by atoms with E-state index in [2.05, 4.69) is 18.9 Å². The fourth-order valence-corrected chi connectivity index (χ4v) is 2.62. The molecular weight excluding hydrogens is 138 g/mol. The van der Waals surface area contributed by atoms with Gasteiger partial charge >= 0.3 is 0 Å². The highest BCUT2D eigenvalue weighted by Gasteiger charge is 2.51. The van der Waals surface area contributed by atoms with Crippen molar-refractivity contribution in [1.82, 2.24) is 4.90 Å². The minimum absolute atomic E-state index is 0.591. The normalized spacial score (nSPS) is 30.0. The molecule has 1 spiro atoms. The van der Waals surface area contributed by atoms with Crippen LogP contribution in [0.4, 0.5) is 0 Å². The summed E-state index contributed by atoms with van der Waals surface area (Å²) in [5, 5.41) is 0. The van der Waals surface area contributed by atoms with Crippen molar-refractivity contribution in [3.05, 3.63) is 0 Å². The Morgan fingerprint density at radius 2 is 2.09 bits per heavy atom. The average molecular weight is 155 g/mol. The van der Waals surface area contributed by atoms with Gasteiger partial charge in [-0.25, -0.2) is 0 Å². The molecule has 2 aliphatic rings. The molecule has 0 atom stereocenters. The number of hydrogen-bond acceptors (Lipinski definition) is 2. The Hall–Kier alpha value is -0.0800. The molecule has 1 saturated heterocycles. The van der Waals surface area contributed by atoms with Gasteiger partial charge in [-0.3, -0.25) is 0 Å². The van der Waals surface area contributed by atoms with Crippen LogP contribution in [-0.2, 0) is 4.74 Å². The fraction of sp³-hybridized carbons (Fsp3) is 1.00. The summed E-state index contributed by atoms with van der Waals surface area (Å²) in [7, 11) is 2.19. The van der Waals surface area contributed by atoms with E-state index in [-0.39, 0.29) is 0 Å². The third kappa shape index (κ3) is 1.18.